The van der Waals surface area contributed by atoms with E-state index in [0.717, 1.165) is 0 Å². The summed E-state index contributed by atoms with van der Waals surface area (Å²) < 4.78 is 13.1. The van der Waals surface area contributed by atoms with Crippen molar-refractivity contribution in [3.63, 3.8) is 0 Å². The standard InChI is InChI=1S/C11H16FN3O/c1-11(2,3)15-9(16)7-14-10-8(12)5-4-6-13-10/h4-6H,7H2,1-3H3,(H,13,14)(H,15,16). The largest absolute Gasteiger partial charge is 0.359 e. The Labute approximate surface area is 94.3 Å². The molecular weight excluding hydrogens is 209 g/mol. The Morgan fingerprint density at radius 3 is 2.75 bits per heavy atom. The van der Waals surface area contributed by atoms with E-state index >= 15 is 0 Å². The third kappa shape index (κ3) is 4.25. The van der Waals surface area contributed by atoms with Gasteiger partial charge in [0.25, 0.3) is 0 Å². The molecule has 0 aliphatic heterocycles. The molecule has 0 aromatic carbocycles. The number of carbonyl (C=O) groups excluding carboxylic acids is 1. The van der Waals surface area contributed by atoms with Crippen molar-refractivity contribution in [3.05, 3.63) is 24.1 Å². The Bertz CT molecular complexity index is 374. The second kappa shape index (κ2) is 4.92. The minimum Gasteiger partial charge on any atom is -0.359 e. The molecule has 0 spiro atoms. The fourth-order valence-corrected chi connectivity index (χ4v) is 1.14. The van der Waals surface area contributed by atoms with Gasteiger partial charge in [0.1, 0.15) is 0 Å². The highest BCUT2D eigenvalue weighted by molar-refractivity contribution is 5.81. The first-order chi connectivity index (χ1) is 7.38. The maximum absolute atomic E-state index is 13.1. The number of nitrogens with one attached hydrogen (secondary N) is 2. The summed E-state index contributed by atoms with van der Waals surface area (Å²) in [5, 5.41) is 5.39. The van der Waals surface area contributed by atoms with E-state index in [-0.39, 0.29) is 23.8 Å². The van der Waals surface area contributed by atoms with Gasteiger partial charge in [-0.2, -0.15) is 0 Å². The number of aromatic nitrogens is 1. The van der Waals surface area contributed by atoms with Crippen LogP contribution in [0.15, 0.2) is 18.3 Å². The Balaban J connectivity index is 2.47. The van der Waals surface area contributed by atoms with Crippen molar-refractivity contribution in [2.75, 3.05) is 11.9 Å². The third-order valence-electron chi connectivity index (χ3n) is 1.69. The first-order valence-corrected chi connectivity index (χ1v) is 5.04. The molecule has 0 aliphatic carbocycles. The van der Waals surface area contributed by atoms with Gasteiger partial charge >= 0.3 is 0 Å². The van der Waals surface area contributed by atoms with E-state index in [1.165, 1.54) is 18.3 Å². The van der Waals surface area contributed by atoms with Crippen LogP contribution >= 0.6 is 0 Å². The van der Waals surface area contributed by atoms with Crippen LogP contribution in [-0.2, 0) is 4.79 Å². The first-order valence-electron chi connectivity index (χ1n) is 5.04. The highest BCUT2D eigenvalue weighted by atomic mass is 19.1. The predicted octanol–water partition coefficient (Wildman–Crippen LogP) is 1.55. The molecule has 0 radical (unpaired) electrons. The van der Waals surface area contributed by atoms with Gasteiger partial charge < -0.3 is 10.6 Å². The van der Waals surface area contributed by atoms with E-state index in [2.05, 4.69) is 15.6 Å². The topological polar surface area (TPSA) is 54.0 Å². The number of anilines is 1. The molecule has 0 saturated carbocycles. The van der Waals surface area contributed by atoms with Crippen molar-refractivity contribution in [3.8, 4) is 0 Å². The second-order valence-corrected chi connectivity index (χ2v) is 4.49. The fraction of sp³-hybridized carbons (Fsp3) is 0.455. The first kappa shape index (κ1) is 12.4. The van der Waals surface area contributed by atoms with Crippen molar-refractivity contribution in [2.45, 2.75) is 26.3 Å². The van der Waals surface area contributed by atoms with Gasteiger partial charge in [0.15, 0.2) is 11.6 Å². The zero-order valence-corrected chi connectivity index (χ0v) is 9.67. The molecule has 1 aromatic rings. The normalized spacial score (nSPS) is 11.0. The molecule has 1 aromatic heterocycles. The Hall–Kier alpha value is -1.65. The molecule has 0 saturated heterocycles. The van der Waals surface area contributed by atoms with Crippen LogP contribution in [-0.4, -0.2) is 23.0 Å². The fourth-order valence-electron chi connectivity index (χ4n) is 1.14. The van der Waals surface area contributed by atoms with Crippen LogP contribution in [0, 0.1) is 5.82 Å². The predicted molar refractivity (Wildman–Crippen MR) is 60.6 cm³/mol. The van der Waals surface area contributed by atoms with Crippen molar-refractivity contribution >= 4 is 11.7 Å². The summed E-state index contributed by atoms with van der Waals surface area (Å²) in [6.45, 7) is 5.65. The SMILES string of the molecule is CC(C)(C)NC(=O)CNc1ncccc1F. The van der Waals surface area contributed by atoms with E-state index in [1.807, 2.05) is 20.8 Å². The van der Waals surface area contributed by atoms with Crippen molar-refractivity contribution in [1.82, 2.24) is 10.3 Å². The summed E-state index contributed by atoms with van der Waals surface area (Å²) >= 11 is 0. The molecule has 1 amide bonds. The lowest BCUT2D eigenvalue weighted by Crippen LogP contribution is -2.43. The monoisotopic (exact) mass is 225 g/mol. The van der Waals surface area contributed by atoms with Crippen LogP contribution < -0.4 is 10.6 Å². The number of pyridine rings is 1. The van der Waals surface area contributed by atoms with E-state index in [9.17, 15) is 9.18 Å². The van der Waals surface area contributed by atoms with E-state index < -0.39 is 5.82 Å². The molecule has 2 N–H and O–H groups in total. The Kier molecular flexibility index (Phi) is 3.82. The zero-order valence-electron chi connectivity index (χ0n) is 9.67. The van der Waals surface area contributed by atoms with Crippen molar-refractivity contribution in [2.24, 2.45) is 0 Å². The average Bonchev–Trinajstić information content (AvgIpc) is 2.14. The number of carbonyl (C=O) groups is 1. The number of amides is 1. The van der Waals surface area contributed by atoms with Crippen LogP contribution in [0.2, 0.25) is 0 Å². The molecule has 0 atom stereocenters. The third-order valence-corrected chi connectivity index (χ3v) is 1.69. The lowest BCUT2D eigenvalue weighted by atomic mass is 10.1. The van der Waals surface area contributed by atoms with Crippen molar-refractivity contribution in [1.29, 1.82) is 0 Å². The van der Waals surface area contributed by atoms with Gasteiger partial charge in [0.2, 0.25) is 5.91 Å². The Morgan fingerprint density at radius 2 is 2.19 bits per heavy atom. The summed E-state index contributed by atoms with van der Waals surface area (Å²) in [6.07, 6.45) is 1.47. The summed E-state index contributed by atoms with van der Waals surface area (Å²) in [4.78, 5) is 15.2. The maximum Gasteiger partial charge on any atom is 0.239 e. The van der Waals surface area contributed by atoms with E-state index in [1.54, 1.807) is 0 Å². The molecule has 0 bridgehead atoms. The minimum atomic E-state index is -0.467. The maximum atomic E-state index is 13.1. The number of hydrogen-bond acceptors (Lipinski definition) is 3. The highest BCUT2D eigenvalue weighted by Crippen LogP contribution is 2.07. The molecular formula is C11H16FN3O. The summed E-state index contributed by atoms with van der Waals surface area (Å²) in [6, 6.07) is 2.78. The minimum absolute atomic E-state index is 0.00516. The van der Waals surface area contributed by atoms with E-state index in [0.29, 0.717) is 0 Å². The lowest BCUT2D eigenvalue weighted by Gasteiger charge is -2.20. The number of nitrogens with zero attached hydrogens (tertiary/aromatic N) is 1. The van der Waals surface area contributed by atoms with Crippen molar-refractivity contribution < 1.29 is 9.18 Å². The van der Waals surface area contributed by atoms with Crippen LogP contribution in [0.25, 0.3) is 0 Å². The van der Waals surface area contributed by atoms with Gasteiger partial charge in [-0.05, 0) is 32.9 Å². The smallest absolute Gasteiger partial charge is 0.239 e. The van der Waals surface area contributed by atoms with Crippen LogP contribution in [0.5, 0.6) is 0 Å². The van der Waals surface area contributed by atoms with Crippen LogP contribution in [0.3, 0.4) is 0 Å². The molecule has 1 heterocycles. The Morgan fingerprint density at radius 1 is 1.50 bits per heavy atom. The average molecular weight is 225 g/mol. The summed E-state index contributed by atoms with van der Waals surface area (Å²) in [7, 11) is 0. The quantitative estimate of drug-likeness (QED) is 0.820. The van der Waals surface area contributed by atoms with Gasteiger partial charge in [0, 0.05) is 11.7 Å². The van der Waals surface area contributed by atoms with Gasteiger partial charge in [-0.15, -0.1) is 0 Å². The zero-order chi connectivity index (χ0) is 12.2. The molecule has 1 rings (SSSR count). The van der Waals surface area contributed by atoms with E-state index in [4.69, 9.17) is 0 Å². The summed E-state index contributed by atoms with van der Waals surface area (Å²) in [5.74, 6) is -0.574. The molecule has 0 fully saturated rings. The molecule has 4 nitrogen and oxygen atoms in total. The van der Waals surface area contributed by atoms with Gasteiger partial charge in [-0.25, -0.2) is 9.37 Å². The lowest BCUT2D eigenvalue weighted by molar-refractivity contribution is -0.120. The molecule has 0 aliphatic rings. The highest BCUT2D eigenvalue weighted by Gasteiger charge is 2.13. The number of rotatable bonds is 3. The summed E-state index contributed by atoms with van der Waals surface area (Å²) in [5.41, 5.74) is -0.290. The van der Waals surface area contributed by atoms with Gasteiger partial charge in [0.05, 0.1) is 6.54 Å². The number of hydrogen-bond donors (Lipinski definition) is 2. The van der Waals surface area contributed by atoms with Crippen LogP contribution in [0.1, 0.15) is 20.8 Å². The number of halogens is 1. The second-order valence-electron chi connectivity index (χ2n) is 4.49. The van der Waals surface area contributed by atoms with Gasteiger partial charge in [-0.3, -0.25) is 4.79 Å². The van der Waals surface area contributed by atoms with Gasteiger partial charge in [-0.1, -0.05) is 0 Å². The molecule has 0 unspecified atom stereocenters. The molecule has 16 heavy (non-hydrogen) atoms. The molecule has 5 heteroatoms. The molecule has 88 valence electrons. The van der Waals surface area contributed by atoms with Crippen LogP contribution in [0.4, 0.5) is 10.2 Å².